The second kappa shape index (κ2) is 6.33. The molecular formula is C14H18N2O3. The minimum Gasteiger partial charge on any atom is -0.467 e. The van der Waals surface area contributed by atoms with Gasteiger partial charge in [0.05, 0.1) is 13.0 Å². The fraction of sp³-hybridized carbons (Fsp3) is 0.429. The van der Waals surface area contributed by atoms with Crippen molar-refractivity contribution < 1.29 is 14.3 Å². The van der Waals surface area contributed by atoms with Crippen LogP contribution in [0.1, 0.15) is 5.56 Å². The predicted octanol–water partition coefficient (Wildman–Crippen LogP) is 0.106. The predicted molar refractivity (Wildman–Crippen MR) is 70.5 cm³/mol. The van der Waals surface area contributed by atoms with Crippen LogP contribution in [0.2, 0.25) is 0 Å². The van der Waals surface area contributed by atoms with Crippen LogP contribution in [0.15, 0.2) is 30.3 Å². The molecule has 1 atom stereocenters. The van der Waals surface area contributed by atoms with Gasteiger partial charge in [0.2, 0.25) is 5.91 Å². The lowest BCUT2D eigenvalue weighted by atomic mass is 10.0. The highest BCUT2D eigenvalue weighted by molar-refractivity contribution is 5.86. The number of methoxy groups -OCH3 is 1. The summed E-state index contributed by atoms with van der Waals surface area (Å²) in [6.45, 7) is 1.34. The van der Waals surface area contributed by atoms with Crippen LogP contribution in [0, 0.1) is 5.92 Å². The average Bonchev–Trinajstić information content (AvgIpc) is 2.36. The lowest BCUT2D eigenvalue weighted by Gasteiger charge is -2.27. The molecule has 1 aromatic carbocycles. The van der Waals surface area contributed by atoms with Gasteiger partial charge in [0.1, 0.15) is 6.04 Å². The molecule has 1 aromatic rings. The van der Waals surface area contributed by atoms with E-state index in [4.69, 9.17) is 4.74 Å². The van der Waals surface area contributed by atoms with Crippen LogP contribution < -0.4 is 10.6 Å². The van der Waals surface area contributed by atoms with Crippen LogP contribution in [0.5, 0.6) is 0 Å². The first-order valence-electron chi connectivity index (χ1n) is 6.33. The average molecular weight is 262 g/mol. The summed E-state index contributed by atoms with van der Waals surface area (Å²) in [7, 11) is 1.33. The number of rotatable bonds is 5. The molecule has 1 aliphatic heterocycles. The first-order chi connectivity index (χ1) is 9.20. The van der Waals surface area contributed by atoms with Gasteiger partial charge in [-0.05, 0) is 5.56 Å². The Bertz CT molecular complexity index is 443. The quantitative estimate of drug-likeness (QED) is 0.739. The Morgan fingerprint density at radius 2 is 2.05 bits per heavy atom. The zero-order chi connectivity index (χ0) is 13.7. The zero-order valence-corrected chi connectivity index (χ0v) is 10.9. The molecule has 1 fully saturated rings. The van der Waals surface area contributed by atoms with E-state index in [-0.39, 0.29) is 11.8 Å². The van der Waals surface area contributed by atoms with Gasteiger partial charge < -0.3 is 15.4 Å². The maximum absolute atomic E-state index is 11.9. The minimum absolute atomic E-state index is 0.0390. The first kappa shape index (κ1) is 13.5. The summed E-state index contributed by atoms with van der Waals surface area (Å²) in [5, 5.41) is 5.80. The van der Waals surface area contributed by atoms with E-state index in [1.165, 1.54) is 7.11 Å². The van der Waals surface area contributed by atoms with E-state index in [1.807, 2.05) is 30.3 Å². The first-order valence-corrected chi connectivity index (χ1v) is 6.33. The molecule has 2 rings (SSSR count). The van der Waals surface area contributed by atoms with Crippen molar-refractivity contribution in [2.45, 2.75) is 12.5 Å². The smallest absolute Gasteiger partial charge is 0.328 e. The summed E-state index contributed by atoms with van der Waals surface area (Å²) in [6, 6.07) is 8.94. The van der Waals surface area contributed by atoms with E-state index in [9.17, 15) is 9.59 Å². The molecule has 1 saturated heterocycles. The van der Waals surface area contributed by atoms with Crippen molar-refractivity contribution in [1.29, 1.82) is 0 Å². The second-order valence-electron chi connectivity index (χ2n) is 4.63. The molecule has 1 amide bonds. The second-order valence-corrected chi connectivity index (χ2v) is 4.63. The highest BCUT2D eigenvalue weighted by atomic mass is 16.5. The van der Waals surface area contributed by atoms with Gasteiger partial charge >= 0.3 is 5.97 Å². The molecule has 19 heavy (non-hydrogen) atoms. The fourth-order valence-corrected chi connectivity index (χ4v) is 1.95. The molecule has 0 spiro atoms. The Labute approximate surface area is 112 Å². The van der Waals surface area contributed by atoms with Gasteiger partial charge in [-0.1, -0.05) is 30.3 Å². The summed E-state index contributed by atoms with van der Waals surface area (Å²) >= 11 is 0. The molecule has 0 saturated carbocycles. The summed E-state index contributed by atoms with van der Waals surface area (Å²) < 4.78 is 4.75. The van der Waals surface area contributed by atoms with Crippen LogP contribution in [0.4, 0.5) is 0 Å². The molecule has 0 bridgehead atoms. The van der Waals surface area contributed by atoms with Crippen molar-refractivity contribution in [3.63, 3.8) is 0 Å². The van der Waals surface area contributed by atoms with E-state index in [1.54, 1.807) is 0 Å². The van der Waals surface area contributed by atoms with Crippen LogP contribution in [0.3, 0.4) is 0 Å². The number of hydrogen-bond donors (Lipinski definition) is 2. The molecule has 0 aliphatic carbocycles. The van der Waals surface area contributed by atoms with Crippen molar-refractivity contribution in [3.8, 4) is 0 Å². The fourth-order valence-electron chi connectivity index (χ4n) is 1.95. The summed E-state index contributed by atoms with van der Waals surface area (Å²) in [4.78, 5) is 23.6. The van der Waals surface area contributed by atoms with Gasteiger partial charge in [0.15, 0.2) is 0 Å². The van der Waals surface area contributed by atoms with E-state index >= 15 is 0 Å². The van der Waals surface area contributed by atoms with Crippen molar-refractivity contribution >= 4 is 11.9 Å². The van der Waals surface area contributed by atoms with Gasteiger partial charge in [-0.25, -0.2) is 4.79 Å². The van der Waals surface area contributed by atoms with Gasteiger partial charge in [-0.2, -0.15) is 0 Å². The molecule has 1 heterocycles. The van der Waals surface area contributed by atoms with E-state index < -0.39 is 12.0 Å². The third-order valence-electron chi connectivity index (χ3n) is 3.24. The molecule has 0 radical (unpaired) electrons. The third-order valence-corrected chi connectivity index (χ3v) is 3.24. The van der Waals surface area contributed by atoms with Crippen molar-refractivity contribution in [1.82, 2.24) is 10.6 Å². The number of esters is 1. The number of benzene rings is 1. The highest BCUT2D eigenvalue weighted by Gasteiger charge is 2.29. The van der Waals surface area contributed by atoms with Crippen LogP contribution in [-0.2, 0) is 20.7 Å². The number of carbonyl (C=O) groups excluding carboxylic acids is 2. The molecule has 0 aromatic heterocycles. The Balaban J connectivity index is 1.99. The number of amides is 1. The van der Waals surface area contributed by atoms with Gasteiger partial charge in [-0.15, -0.1) is 0 Å². The molecular weight excluding hydrogens is 244 g/mol. The number of hydrogen-bond acceptors (Lipinski definition) is 4. The molecule has 102 valence electrons. The Morgan fingerprint density at radius 3 is 2.58 bits per heavy atom. The monoisotopic (exact) mass is 262 g/mol. The van der Waals surface area contributed by atoms with Gasteiger partial charge in [0.25, 0.3) is 0 Å². The van der Waals surface area contributed by atoms with Crippen LogP contribution >= 0.6 is 0 Å². The number of carbonyl (C=O) groups is 2. The van der Waals surface area contributed by atoms with Gasteiger partial charge in [-0.3, -0.25) is 4.79 Å². The van der Waals surface area contributed by atoms with Crippen molar-refractivity contribution in [2.75, 3.05) is 20.2 Å². The Morgan fingerprint density at radius 1 is 1.37 bits per heavy atom. The molecule has 5 heteroatoms. The largest absolute Gasteiger partial charge is 0.467 e. The van der Waals surface area contributed by atoms with E-state index in [0.717, 1.165) is 5.56 Å². The van der Waals surface area contributed by atoms with Crippen molar-refractivity contribution in [3.05, 3.63) is 35.9 Å². The lowest BCUT2D eigenvalue weighted by Crippen LogP contribution is -2.54. The Kier molecular flexibility index (Phi) is 4.52. The van der Waals surface area contributed by atoms with Gasteiger partial charge in [0, 0.05) is 19.5 Å². The SMILES string of the molecule is COC(=O)C(Cc1ccccc1)NC(=O)C1CNC1. The maximum Gasteiger partial charge on any atom is 0.328 e. The van der Waals surface area contributed by atoms with E-state index in [0.29, 0.717) is 19.5 Å². The summed E-state index contributed by atoms with van der Waals surface area (Å²) in [5.41, 5.74) is 0.991. The van der Waals surface area contributed by atoms with Crippen LogP contribution in [0.25, 0.3) is 0 Å². The maximum atomic E-state index is 11.9. The summed E-state index contributed by atoms with van der Waals surface area (Å²) in [6.07, 6.45) is 0.444. The highest BCUT2D eigenvalue weighted by Crippen LogP contribution is 2.07. The third kappa shape index (κ3) is 3.54. The number of ether oxygens (including phenoxy) is 1. The topological polar surface area (TPSA) is 67.4 Å². The van der Waals surface area contributed by atoms with E-state index in [2.05, 4.69) is 10.6 Å². The van der Waals surface area contributed by atoms with Crippen molar-refractivity contribution in [2.24, 2.45) is 5.92 Å². The molecule has 1 aliphatic rings. The Hall–Kier alpha value is -1.88. The van der Waals surface area contributed by atoms with Crippen LogP contribution in [-0.4, -0.2) is 38.1 Å². The number of nitrogens with one attached hydrogen (secondary N) is 2. The lowest BCUT2D eigenvalue weighted by molar-refractivity contribution is -0.145. The summed E-state index contributed by atoms with van der Waals surface area (Å²) in [5.74, 6) is -0.544. The normalized spacial score (nSPS) is 16.3. The molecule has 2 N–H and O–H groups in total. The zero-order valence-electron chi connectivity index (χ0n) is 10.9. The standard InChI is InChI=1S/C14H18N2O3/c1-19-14(18)12(7-10-5-3-2-4-6-10)16-13(17)11-8-15-9-11/h2-6,11-12,15H,7-9H2,1H3,(H,16,17). The molecule has 5 nitrogen and oxygen atoms in total. The minimum atomic E-state index is -0.625. The molecule has 1 unspecified atom stereocenters.